The first-order valence-electron chi connectivity index (χ1n) is 5.36. The molecule has 0 saturated heterocycles. The highest BCUT2D eigenvalue weighted by Gasteiger charge is 2.31. The summed E-state index contributed by atoms with van der Waals surface area (Å²) in [6, 6.07) is 3.82. The summed E-state index contributed by atoms with van der Waals surface area (Å²) in [5.74, 6) is 0. The molecule has 2 aromatic heterocycles. The van der Waals surface area contributed by atoms with Crippen LogP contribution in [-0.2, 0) is 6.18 Å². The van der Waals surface area contributed by atoms with Gasteiger partial charge < -0.3 is 5.32 Å². The lowest BCUT2D eigenvalue weighted by molar-refractivity contribution is -0.137. The maximum Gasteiger partial charge on any atom is 0.417 e. The molecule has 0 spiro atoms. The van der Waals surface area contributed by atoms with Gasteiger partial charge in [0.15, 0.2) is 0 Å². The van der Waals surface area contributed by atoms with E-state index in [-0.39, 0.29) is 6.04 Å². The van der Waals surface area contributed by atoms with Crippen LogP contribution >= 0.6 is 22.9 Å². The van der Waals surface area contributed by atoms with E-state index in [4.69, 9.17) is 11.6 Å². The monoisotopic (exact) mass is 306 g/mol. The lowest BCUT2D eigenvalue weighted by atomic mass is 10.1. The number of rotatable bonds is 3. The van der Waals surface area contributed by atoms with Crippen molar-refractivity contribution in [1.29, 1.82) is 0 Å². The Morgan fingerprint density at radius 3 is 2.47 bits per heavy atom. The molecule has 0 amide bonds. The van der Waals surface area contributed by atoms with Crippen molar-refractivity contribution in [2.75, 3.05) is 7.05 Å². The third kappa shape index (κ3) is 3.08. The first-order chi connectivity index (χ1) is 8.93. The first-order valence-corrected chi connectivity index (χ1v) is 6.62. The van der Waals surface area contributed by atoms with E-state index in [9.17, 15) is 13.2 Å². The lowest BCUT2D eigenvalue weighted by Crippen LogP contribution is -2.18. The lowest BCUT2D eigenvalue weighted by Gasteiger charge is -2.15. The Morgan fingerprint density at radius 2 is 2.05 bits per heavy atom. The van der Waals surface area contributed by atoms with Gasteiger partial charge in [0.2, 0.25) is 0 Å². The van der Waals surface area contributed by atoms with Gasteiger partial charge in [-0.3, -0.25) is 4.98 Å². The third-order valence-corrected chi connectivity index (χ3v) is 4.03. The van der Waals surface area contributed by atoms with Gasteiger partial charge in [0.05, 0.1) is 22.3 Å². The average molecular weight is 307 g/mol. The Balaban J connectivity index is 2.33. The number of aromatic nitrogens is 1. The van der Waals surface area contributed by atoms with Gasteiger partial charge in [-0.2, -0.15) is 13.2 Å². The molecule has 1 atom stereocenters. The Morgan fingerprint density at radius 1 is 1.32 bits per heavy atom. The molecule has 2 nitrogen and oxygen atoms in total. The molecule has 2 heterocycles. The second kappa shape index (κ2) is 5.48. The highest BCUT2D eigenvalue weighted by Crippen LogP contribution is 2.33. The topological polar surface area (TPSA) is 24.9 Å². The fraction of sp³-hybridized carbons (Fsp3) is 0.250. The fourth-order valence-electron chi connectivity index (χ4n) is 1.67. The standard InChI is InChI=1S/C12H10ClF3N2S/c1-17-10(11-8(13)4-5-19-11)9-3-2-7(6-18-9)12(14,15)16/h2-6,10,17H,1H3. The molecule has 0 aromatic carbocycles. The Bertz CT molecular complexity index is 551. The van der Waals surface area contributed by atoms with Gasteiger partial charge >= 0.3 is 6.18 Å². The zero-order valence-corrected chi connectivity index (χ0v) is 11.4. The molecule has 19 heavy (non-hydrogen) atoms. The van der Waals surface area contributed by atoms with Crippen LogP contribution in [0, 0.1) is 0 Å². The molecule has 2 rings (SSSR count). The molecule has 1 unspecified atom stereocenters. The van der Waals surface area contributed by atoms with E-state index < -0.39 is 11.7 Å². The number of pyridine rings is 1. The maximum atomic E-state index is 12.5. The van der Waals surface area contributed by atoms with E-state index in [1.807, 2.05) is 5.38 Å². The van der Waals surface area contributed by atoms with Gasteiger partial charge in [0.1, 0.15) is 0 Å². The number of thiophene rings is 1. The average Bonchev–Trinajstić information content (AvgIpc) is 2.76. The number of alkyl halides is 3. The number of halogens is 4. The van der Waals surface area contributed by atoms with Crippen LogP contribution in [0.3, 0.4) is 0 Å². The van der Waals surface area contributed by atoms with Gasteiger partial charge in [0.25, 0.3) is 0 Å². The van der Waals surface area contributed by atoms with Gasteiger partial charge in [-0.15, -0.1) is 11.3 Å². The van der Waals surface area contributed by atoms with Crippen LogP contribution < -0.4 is 5.32 Å². The minimum absolute atomic E-state index is 0.310. The highest BCUT2D eigenvalue weighted by atomic mass is 35.5. The van der Waals surface area contributed by atoms with Gasteiger partial charge in [-0.25, -0.2) is 0 Å². The summed E-state index contributed by atoms with van der Waals surface area (Å²) >= 11 is 7.46. The molecule has 0 fully saturated rings. The predicted octanol–water partition coefficient (Wildman–Crippen LogP) is 4.12. The van der Waals surface area contributed by atoms with Crippen molar-refractivity contribution in [3.63, 3.8) is 0 Å². The summed E-state index contributed by atoms with van der Waals surface area (Å²) in [6.07, 6.45) is -3.54. The number of nitrogens with zero attached hydrogens (tertiary/aromatic N) is 1. The molecule has 0 aliphatic carbocycles. The molecule has 1 N–H and O–H groups in total. The summed E-state index contributed by atoms with van der Waals surface area (Å²) in [7, 11) is 1.71. The Hall–Kier alpha value is -1.11. The summed E-state index contributed by atoms with van der Waals surface area (Å²) in [6.45, 7) is 0. The van der Waals surface area contributed by atoms with E-state index in [0.29, 0.717) is 10.7 Å². The van der Waals surface area contributed by atoms with E-state index >= 15 is 0 Å². The van der Waals surface area contributed by atoms with E-state index in [1.54, 1.807) is 13.1 Å². The second-order valence-corrected chi connectivity index (χ2v) is 5.18. The predicted molar refractivity (Wildman–Crippen MR) is 69.5 cm³/mol. The van der Waals surface area contributed by atoms with Gasteiger partial charge in [0, 0.05) is 11.1 Å². The zero-order valence-electron chi connectivity index (χ0n) is 9.83. The number of hydrogen-bond acceptors (Lipinski definition) is 3. The van der Waals surface area contributed by atoms with Crippen molar-refractivity contribution in [3.05, 3.63) is 50.9 Å². The highest BCUT2D eigenvalue weighted by molar-refractivity contribution is 7.10. The molecular formula is C12H10ClF3N2S. The van der Waals surface area contributed by atoms with Gasteiger partial charge in [-0.1, -0.05) is 11.6 Å². The summed E-state index contributed by atoms with van der Waals surface area (Å²) in [4.78, 5) is 4.71. The van der Waals surface area contributed by atoms with Crippen LogP contribution in [0.4, 0.5) is 13.2 Å². The Labute approximate surface area is 117 Å². The summed E-state index contributed by atoms with van der Waals surface area (Å²) in [5.41, 5.74) is -0.261. The van der Waals surface area contributed by atoms with Crippen molar-refractivity contribution in [1.82, 2.24) is 10.3 Å². The third-order valence-electron chi connectivity index (χ3n) is 2.61. The van der Waals surface area contributed by atoms with Crippen LogP contribution in [0.5, 0.6) is 0 Å². The minimum Gasteiger partial charge on any atom is -0.307 e. The smallest absolute Gasteiger partial charge is 0.307 e. The summed E-state index contributed by atoms with van der Waals surface area (Å²) in [5, 5.41) is 5.40. The van der Waals surface area contributed by atoms with Crippen LogP contribution in [0.1, 0.15) is 22.2 Å². The maximum absolute atomic E-state index is 12.5. The quantitative estimate of drug-likeness (QED) is 0.922. The molecule has 0 aliphatic heterocycles. The Kier molecular flexibility index (Phi) is 4.13. The van der Waals surface area contributed by atoms with Crippen LogP contribution in [0.25, 0.3) is 0 Å². The number of nitrogens with one attached hydrogen (secondary N) is 1. The molecular weight excluding hydrogens is 297 g/mol. The summed E-state index contributed by atoms with van der Waals surface area (Å²) < 4.78 is 37.4. The van der Waals surface area contributed by atoms with Crippen molar-refractivity contribution < 1.29 is 13.2 Å². The fourth-order valence-corrected chi connectivity index (χ4v) is 2.95. The van der Waals surface area contributed by atoms with E-state index in [1.165, 1.54) is 17.4 Å². The van der Waals surface area contributed by atoms with Crippen molar-refractivity contribution in [3.8, 4) is 0 Å². The first kappa shape index (κ1) is 14.3. The van der Waals surface area contributed by atoms with Crippen LogP contribution in [0.2, 0.25) is 5.02 Å². The molecule has 7 heteroatoms. The van der Waals surface area contributed by atoms with E-state index in [2.05, 4.69) is 10.3 Å². The van der Waals surface area contributed by atoms with Crippen molar-refractivity contribution in [2.45, 2.75) is 12.2 Å². The van der Waals surface area contributed by atoms with E-state index in [0.717, 1.165) is 17.1 Å². The van der Waals surface area contributed by atoms with Crippen molar-refractivity contribution >= 4 is 22.9 Å². The molecule has 2 aromatic rings. The SMILES string of the molecule is CNC(c1ccc(C(F)(F)F)cn1)c1sccc1Cl. The molecule has 0 saturated carbocycles. The van der Waals surface area contributed by atoms with Crippen molar-refractivity contribution in [2.24, 2.45) is 0 Å². The van der Waals surface area contributed by atoms with Gasteiger partial charge in [-0.05, 0) is 30.6 Å². The normalized spacial score (nSPS) is 13.5. The second-order valence-electron chi connectivity index (χ2n) is 3.82. The molecule has 0 radical (unpaired) electrons. The largest absolute Gasteiger partial charge is 0.417 e. The minimum atomic E-state index is -4.37. The zero-order chi connectivity index (χ0) is 14.0. The molecule has 0 aliphatic rings. The number of hydrogen-bond donors (Lipinski definition) is 1. The van der Waals surface area contributed by atoms with Crippen LogP contribution in [0.15, 0.2) is 29.8 Å². The molecule has 0 bridgehead atoms. The molecule has 102 valence electrons. The van der Waals surface area contributed by atoms with Crippen LogP contribution in [-0.4, -0.2) is 12.0 Å².